The van der Waals surface area contributed by atoms with E-state index in [1.165, 1.54) is 5.56 Å². The lowest BCUT2D eigenvalue weighted by molar-refractivity contribution is 0.976. The summed E-state index contributed by atoms with van der Waals surface area (Å²) in [4.78, 5) is 2.21. The number of nitrogens with two attached hydrogens (primary N) is 3. The molecule has 0 aliphatic rings. The van der Waals surface area contributed by atoms with E-state index in [9.17, 15) is 0 Å². The van der Waals surface area contributed by atoms with Gasteiger partial charge >= 0.3 is 0 Å². The summed E-state index contributed by atoms with van der Waals surface area (Å²) in [5.41, 5.74) is 23.0. The third-order valence-electron chi connectivity index (χ3n) is 3.73. The Hall–Kier alpha value is -3.14. The minimum absolute atomic E-state index is 0.730. The van der Waals surface area contributed by atoms with Crippen molar-refractivity contribution in [3.63, 3.8) is 0 Å². The zero-order valence-corrected chi connectivity index (χ0v) is 12.8. The first-order chi connectivity index (χ1) is 11.1. The monoisotopic (exact) mass is 304 g/mol. The summed E-state index contributed by atoms with van der Waals surface area (Å²) in [6.45, 7) is 0.730. The number of rotatable bonds is 4. The molecule has 4 nitrogen and oxygen atoms in total. The summed E-state index contributed by atoms with van der Waals surface area (Å²) in [5, 5.41) is 0. The van der Waals surface area contributed by atoms with Crippen LogP contribution in [0.15, 0.2) is 72.8 Å². The summed E-state index contributed by atoms with van der Waals surface area (Å²) < 4.78 is 0. The minimum atomic E-state index is 0.730. The Morgan fingerprint density at radius 3 is 1.26 bits per heavy atom. The van der Waals surface area contributed by atoms with Crippen molar-refractivity contribution in [1.29, 1.82) is 0 Å². The predicted octanol–water partition coefficient (Wildman–Crippen LogP) is 3.77. The fraction of sp³-hybridized carbons (Fsp3) is 0.0526. The van der Waals surface area contributed by atoms with E-state index in [0.29, 0.717) is 0 Å². The maximum absolute atomic E-state index is 5.81. The van der Waals surface area contributed by atoms with Gasteiger partial charge in [-0.3, -0.25) is 0 Å². The number of hydrogen-bond acceptors (Lipinski definition) is 4. The van der Waals surface area contributed by atoms with Gasteiger partial charge in [0.05, 0.1) is 0 Å². The van der Waals surface area contributed by atoms with Crippen molar-refractivity contribution in [2.75, 3.05) is 22.1 Å². The lowest BCUT2D eigenvalue weighted by Gasteiger charge is -2.25. The van der Waals surface area contributed by atoms with Crippen LogP contribution in [0.25, 0.3) is 0 Å². The van der Waals surface area contributed by atoms with Crippen LogP contribution in [0, 0.1) is 0 Å². The molecule has 3 aromatic carbocycles. The highest BCUT2D eigenvalue weighted by molar-refractivity contribution is 5.66. The Labute approximate surface area is 136 Å². The average molecular weight is 304 g/mol. The van der Waals surface area contributed by atoms with Crippen molar-refractivity contribution in [2.24, 2.45) is 0 Å². The van der Waals surface area contributed by atoms with Gasteiger partial charge in [0.1, 0.15) is 0 Å². The molecule has 4 heteroatoms. The van der Waals surface area contributed by atoms with Gasteiger partial charge in [-0.25, -0.2) is 0 Å². The molecular formula is C19H20N4. The van der Waals surface area contributed by atoms with Crippen molar-refractivity contribution in [2.45, 2.75) is 6.54 Å². The second-order valence-electron chi connectivity index (χ2n) is 5.51. The Balaban J connectivity index is 1.97. The normalized spacial score (nSPS) is 10.4. The predicted molar refractivity (Wildman–Crippen MR) is 98.4 cm³/mol. The Kier molecular flexibility index (Phi) is 4.06. The van der Waals surface area contributed by atoms with E-state index in [0.717, 1.165) is 35.0 Å². The molecule has 3 rings (SSSR count). The van der Waals surface area contributed by atoms with E-state index in [4.69, 9.17) is 17.2 Å². The molecule has 116 valence electrons. The van der Waals surface area contributed by atoms with Crippen molar-refractivity contribution in [3.05, 3.63) is 78.4 Å². The summed E-state index contributed by atoms with van der Waals surface area (Å²) in [5.74, 6) is 0. The van der Waals surface area contributed by atoms with Crippen molar-refractivity contribution < 1.29 is 0 Å². The number of nitrogen functional groups attached to an aromatic ring is 3. The van der Waals surface area contributed by atoms with Crippen LogP contribution in [0.1, 0.15) is 5.56 Å². The molecule has 0 saturated heterocycles. The van der Waals surface area contributed by atoms with E-state index in [-0.39, 0.29) is 0 Å². The smallest absolute Gasteiger partial charge is 0.0481 e. The SMILES string of the molecule is Nc1ccc(CN(c2ccc(N)cc2)c2ccc(N)cc2)cc1. The van der Waals surface area contributed by atoms with Gasteiger partial charge < -0.3 is 22.1 Å². The molecule has 0 aromatic heterocycles. The Bertz CT molecular complexity index is 716. The highest BCUT2D eigenvalue weighted by Crippen LogP contribution is 2.29. The molecule has 0 fully saturated rings. The highest BCUT2D eigenvalue weighted by Gasteiger charge is 2.10. The van der Waals surface area contributed by atoms with E-state index >= 15 is 0 Å². The zero-order valence-electron chi connectivity index (χ0n) is 12.8. The summed E-state index contributed by atoms with van der Waals surface area (Å²) in [7, 11) is 0. The first kappa shape index (κ1) is 14.8. The van der Waals surface area contributed by atoms with Gasteiger partial charge in [-0.05, 0) is 66.2 Å². The standard InChI is InChI=1S/C19H20N4/c20-15-3-1-14(2-4-15)13-23(18-9-5-16(21)6-10-18)19-11-7-17(22)8-12-19/h1-12H,13,20-22H2. The van der Waals surface area contributed by atoms with Gasteiger partial charge in [0.25, 0.3) is 0 Å². The van der Waals surface area contributed by atoms with Gasteiger partial charge in [0.2, 0.25) is 0 Å². The van der Waals surface area contributed by atoms with Crippen LogP contribution in [0.5, 0.6) is 0 Å². The molecular weight excluding hydrogens is 284 g/mol. The molecule has 0 saturated carbocycles. The fourth-order valence-electron chi connectivity index (χ4n) is 2.45. The molecule has 0 bridgehead atoms. The maximum atomic E-state index is 5.81. The summed E-state index contributed by atoms with van der Waals surface area (Å²) in [6, 6.07) is 23.6. The number of nitrogens with zero attached hydrogens (tertiary/aromatic N) is 1. The quantitative estimate of drug-likeness (QED) is 0.641. The van der Waals surface area contributed by atoms with Gasteiger partial charge in [0.15, 0.2) is 0 Å². The first-order valence-corrected chi connectivity index (χ1v) is 7.45. The fourth-order valence-corrected chi connectivity index (χ4v) is 2.45. The molecule has 0 aliphatic carbocycles. The molecule has 0 spiro atoms. The lowest BCUT2D eigenvalue weighted by atomic mass is 10.1. The Morgan fingerprint density at radius 1 is 0.522 bits per heavy atom. The third kappa shape index (κ3) is 3.55. The molecule has 0 unspecified atom stereocenters. The summed E-state index contributed by atoms with van der Waals surface area (Å²) >= 11 is 0. The van der Waals surface area contributed by atoms with Crippen LogP contribution in [0.3, 0.4) is 0 Å². The molecule has 6 N–H and O–H groups in total. The van der Waals surface area contributed by atoms with Crippen LogP contribution in [-0.4, -0.2) is 0 Å². The van der Waals surface area contributed by atoms with Gasteiger partial charge in [-0.1, -0.05) is 12.1 Å². The van der Waals surface area contributed by atoms with Crippen molar-refractivity contribution in [1.82, 2.24) is 0 Å². The number of hydrogen-bond donors (Lipinski definition) is 3. The molecule has 3 aromatic rings. The maximum Gasteiger partial charge on any atom is 0.0481 e. The van der Waals surface area contributed by atoms with Gasteiger partial charge in [0, 0.05) is 35.0 Å². The highest BCUT2D eigenvalue weighted by atomic mass is 15.1. The van der Waals surface area contributed by atoms with Crippen LogP contribution < -0.4 is 22.1 Å². The van der Waals surface area contributed by atoms with Gasteiger partial charge in [-0.15, -0.1) is 0 Å². The number of benzene rings is 3. The first-order valence-electron chi connectivity index (χ1n) is 7.45. The van der Waals surface area contributed by atoms with Crippen LogP contribution >= 0.6 is 0 Å². The molecule has 0 aliphatic heterocycles. The van der Waals surface area contributed by atoms with Crippen molar-refractivity contribution in [3.8, 4) is 0 Å². The molecule has 23 heavy (non-hydrogen) atoms. The van der Waals surface area contributed by atoms with Crippen molar-refractivity contribution >= 4 is 28.4 Å². The lowest BCUT2D eigenvalue weighted by Crippen LogP contribution is -2.16. The Morgan fingerprint density at radius 2 is 0.870 bits per heavy atom. The zero-order chi connectivity index (χ0) is 16.2. The van der Waals surface area contributed by atoms with E-state index in [1.54, 1.807) is 0 Å². The second-order valence-corrected chi connectivity index (χ2v) is 5.51. The molecule has 0 amide bonds. The van der Waals surface area contributed by atoms with Crippen LogP contribution in [0.4, 0.5) is 28.4 Å². The average Bonchev–Trinajstić information content (AvgIpc) is 2.56. The second kappa shape index (κ2) is 6.32. The molecule has 0 heterocycles. The van der Waals surface area contributed by atoms with Gasteiger partial charge in [-0.2, -0.15) is 0 Å². The van der Waals surface area contributed by atoms with Crippen LogP contribution in [-0.2, 0) is 6.54 Å². The number of anilines is 5. The molecule has 0 radical (unpaired) electrons. The topological polar surface area (TPSA) is 81.3 Å². The third-order valence-corrected chi connectivity index (χ3v) is 3.73. The summed E-state index contributed by atoms with van der Waals surface area (Å²) in [6.07, 6.45) is 0. The van der Waals surface area contributed by atoms with Crippen LogP contribution in [0.2, 0.25) is 0 Å². The molecule has 0 atom stereocenters. The van der Waals surface area contributed by atoms with E-state index in [1.807, 2.05) is 72.8 Å². The minimum Gasteiger partial charge on any atom is -0.399 e. The van der Waals surface area contributed by atoms with E-state index < -0.39 is 0 Å². The largest absolute Gasteiger partial charge is 0.399 e. The van der Waals surface area contributed by atoms with E-state index in [2.05, 4.69) is 4.90 Å².